The van der Waals surface area contributed by atoms with Crippen molar-refractivity contribution in [1.29, 1.82) is 0 Å². The first-order valence-electron chi connectivity index (χ1n) is 5.97. The van der Waals surface area contributed by atoms with Gasteiger partial charge in [0.05, 0.1) is 11.4 Å². The Kier molecular flexibility index (Phi) is 3.25. The number of aromatic nitrogens is 2. The summed E-state index contributed by atoms with van der Waals surface area (Å²) in [6.07, 6.45) is 3.41. The van der Waals surface area contributed by atoms with E-state index in [9.17, 15) is 0 Å². The summed E-state index contributed by atoms with van der Waals surface area (Å²) in [5, 5.41) is 0.717. The summed E-state index contributed by atoms with van der Waals surface area (Å²) in [5.41, 5.74) is 3.81. The van der Waals surface area contributed by atoms with Gasteiger partial charge in [-0.05, 0) is 12.1 Å². The van der Waals surface area contributed by atoms with Crippen LogP contribution < -0.4 is 0 Å². The van der Waals surface area contributed by atoms with E-state index in [-0.39, 0.29) is 0 Å². The van der Waals surface area contributed by atoms with E-state index in [1.165, 1.54) is 0 Å². The Morgan fingerprint density at radius 2 is 1.16 bits per heavy atom. The summed E-state index contributed by atoms with van der Waals surface area (Å²) in [4.78, 5) is 8.90. The highest BCUT2D eigenvalue weighted by Crippen LogP contribution is 2.28. The van der Waals surface area contributed by atoms with Crippen LogP contribution in [0.5, 0.6) is 0 Å². The quantitative estimate of drug-likeness (QED) is 0.684. The predicted molar refractivity (Wildman–Crippen MR) is 77.9 cm³/mol. The third kappa shape index (κ3) is 2.49. The first-order chi connectivity index (χ1) is 9.34. The molecule has 0 atom stereocenters. The Morgan fingerprint density at radius 3 is 1.74 bits per heavy atom. The molecular weight excluding hydrogens is 256 g/mol. The Balaban J connectivity index is 2.15. The number of halogens is 1. The number of benzene rings is 2. The first-order valence-corrected chi connectivity index (χ1v) is 6.35. The van der Waals surface area contributed by atoms with E-state index in [1.807, 2.05) is 54.6 Å². The summed E-state index contributed by atoms with van der Waals surface area (Å²) in [7, 11) is 0. The maximum atomic E-state index is 5.92. The lowest BCUT2D eigenvalue weighted by molar-refractivity contribution is 1.21. The van der Waals surface area contributed by atoms with Crippen LogP contribution in [0.2, 0.25) is 5.02 Å². The Bertz CT molecular complexity index is 679. The lowest BCUT2D eigenvalue weighted by atomic mass is 10.0. The minimum atomic E-state index is 0.717. The topological polar surface area (TPSA) is 25.8 Å². The molecule has 0 amide bonds. The molecule has 1 aromatic heterocycles. The largest absolute Gasteiger partial charge is 0.252 e. The smallest absolute Gasteiger partial charge is 0.0965 e. The van der Waals surface area contributed by atoms with Gasteiger partial charge < -0.3 is 0 Å². The molecule has 2 aromatic carbocycles. The second-order valence-corrected chi connectivity index (χ2v) is 4.56. The molecule has 0 saturated carbocycles. The first kappa shape index (κ1) is 11.9. The predicted octanol–water partition coefficient (Wildman–Crippen LogP) is 4.46. The van der Waals surface area contributed by atoms with Crippen molar-refractivity contribution in [3.8, 4) is 22.5 Å². The van der Waals surface area contributed by atoms with Gasteiger partial charge in [0.1, 0.15) is 0 Å². The third-order valence-electron chi connectivity index (χ3n) is 2.86. The van der Waals surface area contributed by atoms with Crippen molar-refractivity contribution < 1.29 is 0 Å². The Morgan fingerprint density at radius 1 is 0.632 bits per heavy atom. The van der Waals surface area contributed by atoms with Crippen LogP contribution in [0, 0.1) is 0 Å². The molecule has 0 bridgehead atoms. The van der Waals surface area contributed by atoms with E-state index in [0.717, 1.165) is 22.5 Å². The van der Waals surface area contributed by atoms with Gasteiger partial charge in [-0.1, -0.05) is 54.1 Å². The normalized spacial score (nSPS) is 10.4. The molecule has 0 N–H and O–H groups in total. The van der Waals surface area contributed by atoms with Gasteiger partial charge in [0, 0.05) is 28.5 Å². The molecule has 2 nitrogen and oxygen atoms in total. The van der Waals surface area contributed by atoms with Crippen LogP contribution >= 0.6 is 11.6 Å². The molecule has 0 aliphatic carbocycles. The van der Waals surface area contributed by atoms with Crippen molar-refractivity contribution in [3.05, 3.63) is 72.0 Å². The van der Waals surface area contributed by atoms with Crippen LogP contribution in [0.3, 0.4) is 0 Å². The highest BCUT2D eigenvalue weighted by molar-refractivity contribution is 6.30. The van der Waals surface area contributed by atoms with Crippen molar-refractivity contribution >= 4 is 11.6 Å². The molecule has 0 aliphatic rings. The maximum absolute atomic E-state index is 5.92. The van der Waals surface area contributed by atoms with E-state index < -0.39 is 0 Å². The molecule has 3 aromatic rings. The molecule has 0 saturated heterocycles. The molecule has 0 aliphatic heterocycles. The number of rotatable bonds is 2. The van der Waals surface area contributed by atoms with Gasteiger partial charge in [-0.25, -0.2) is 0 Å². The highest BCUT2D eigenvalue weighted by Gasteiger charge is 2.09. The van der Waals surface area contributed by atoms with Crippen LogP contribution in [-0.4, -0.2) is 9.97 Å². The van der Waals surface area contributed by atoms with Crippen molar-refractivity contribution in [2.45, 2.75) is 0 Å². The van der Waals surface area contributed by atoms with Gasteiger partial charge in [-0.15, -0.1) is 0 Å². The number of hydrogen-bond acceptors (Lipinski definition) is 2. The summed E-state index contributed by atoms with van der Waals surface area (Å²) >= 11 is 5.92. The van der Waals surface area contributed by atoms with E-state index in [4.69, 9.17) is 11.6 Å². The van der Waals surface area contributed by atoms with E-state index in [0.29, 0.717) is 5.02 Å². The molecule has 0 fully saturated rings. The van der Waals surface area contributed by atoms with E-state index >= 15 is 0 Å². The van der Waals surface area contributed by atoms with E-state index in [1.54, 1.807) is 12.4 Å². The third-order valence-corrected chi connectivity index (χ3v) is 3.12. The summed E-state index contributed by atoms with van der Waals surface area (Å²) in [6, 6.07) is 17.7. The molecule has 3 rings (SSSR count). The molecule has 92 valence electrons. The van der Waals surface area contributed by atoms with Crippen LogP contribution in [0.4, 0.5) is 0 Å². The second-order valence-electron chi connectivity index (χ2n) is 4.13. The monoisotopic (exact) mass is 266 g/mol. The average Bonchev–Trinajstić information content (AvgIpc) is 2.49. The highest BCUT2D eigenvalue weighted by atomic mass is 35.5. The minimum absolute atomic E-state index is 0.717. The summed E-state index contributed by atoms with van der Waals surface area (Å²) < 4.78 is 0. The molecule has 3 heteroatoms. The fraction of sp³-hybridized carbons (Fsp3) is 0. The zero-order chi connectivity index (χ0) is 13.1. The van der Waals surface area contributed by atoms with Gasteiger partial charge in [0.2, 0.25) is 0 Å². The zero-order valence-corrected chi connectivity index (χ0v) is 10.9. The van der Waals surface area contributed by atoms with Crippen LogP contribution in [0.1, 0.15) is 0 Å². The molecular formula is C16H11ClN2. The SMILES string of the molecule is Clc1ccc(-c2nccnc2-c2ccccc2)cc1. The van der Waals surface area contributed by atoms with Crippen LogP contribution in [-0.2, 0) is 0 Å². The Labute approximate surface area is 116 Å². The van der Waals surface area contributed by atoms with Crippen molar-refractivity contribution in [3.63, 3.8) is 0 Å². The molecule has 19 heavy (non-hydrogen) atoms. The van der Waals surface area contributed by atoms with Gasteiger partial charge in [-0.3, -0.25) is 9.97 Å². The van der Waals surface area contributed by atoms with Crippen molar-refractivity contribution in [2.24, 2.45) is 0 Å². The van der Waals surface area contributed by atoms with Gasteiger partial charge >= 0.3 is 0 Å². The summed E-state index contributed by atoms with van der Waals surface area (Å²) in [5.74, 6) is 0. The molecule has 1 heterocycles. The molecule has 0 spiro atoms. The van der Waals surface area contributed by atoms with Gasteiger partial charge in [-0.2, -0.15) is 0 Å². The van der Waals surface area contributed by atoms with E-state index in [2.05, 4.69) is 9.97 Å². The minimum Gasteiger partial charge on any atom is -0.252 e. The van der Waals surface area contributed by atoms with Crippen molar-refractivity contribution in [2.75, 3.05) is 0 Å². The Hall–Kier alpha value is -2.19. The van der Waals surface area contributed by atoms with Gasteiger partial charge in [0.15, 0.2) is 0 Å². The zero-order valence-electron chi connectivity index (χ0n) is 10.1. The lowest BCUT2D eigenvalue weighted by Crippen LogP contribution is -1.91. The second kappa shape index (κ2) is 5.21. The summed E-state index contributed by atoms with van der Waals surface area (Å²) in [6.45, 7) is 0. The lowest BCUT2D eigenvalue weighted by Gasteiger charge is -2.07. The van der Waals surface area contributed by atoms with Crippen LogP contribution in [0.15, 0.2) is 67.0 Å². The van der Waals surface area contributed by atoms with Crippen molar-refractivity contribution in [1.82, 2.24) is 9.97 Å². The van der Waals surface area contributed by atoms with Gasteiger partial charge in [0.25, 0.3) is 0 Å². The number of nitrogens with zero attached hydrogens (tertiary/aromatic N) is 2. The fourth-order valence-corrected chi connectivity index (χ4v) is 2.09. The number of hydrogen-bond donors (Lipinski definition) is 0. The standard InChI is InChI=1S/C16H11ClN2/c17-14-8-6-13(7-9-14)16-15(18-10-11-19-16)12-4-2-1-3-5-12/h1-11H. The van der Waals surface area contributed by atoms with Crippen LogP contribution in [0.25, 0.3) is 22.5 Å². The maximum Gasteiger partial charge on any atom is 0.0965 e. The fourth-order valence-electron chi connectivity index (χ4n) is 1.96. The average molecular weight is 267 g/mol. The molecule has 0 radical (unpaired) electrons. The molecule has 0 unspecified atom stereocenters.